The molecule has 0 bridgehead atoms. The summed E-state index contributed by atoms with van der Waals surface area (Å²) in [6, 6.07) is 7.77. The van der Waals surface area contributed by atoms with Crippen LogP contribution >= 0.6 is 46.9 Å². The summed E-state index contributed by atoms with van der Waals surface area (Å²) in [6.07, 6.45) is 0. The van der Waals surface area contributed by atoms with E-state index in [2.05, 4.69) is 39.8 Å². The number of thiazole rings is 1. The maximum absolute atomic E-state index is 5.88. The van der Waals surface area contributed by atoms with Crippen molar-refractivity contribution in [3.8, 4) is 0 Å². The Hall–Kier alpha value is -0.860. The van der Waals surface area contributed by atoms with Crippen LogP contribution in [-0.2, 0) is 13.1 Å². The van der Waals surface area contributed by atoms with E-state index >= 15 is 0 Å². The van der Waals surface area contributed by atoms with Gasteiger partial charge in [0.2, 0.25) is 0 Å². The summed E-state index contributed by atoms with van der Waals surface area (Å²) in [7, 11) is 1.76. The fourth-order valence-corrected chi connectivity index (χ4v) is 2.86. The predicted octanol–water partition coefficient (Wildman–Crippen LogP) is 4.40. The highest BCUT2D eigenvalue weighted by atomic mass is 127. The lowest BCUT2D eigenvalue weighted by molar-refractivity contribution is 0.785. The first-order chi connectivity index (χ1) is 10.6. The number of hydrogen-bond donors (Lipinski definition) is 2. The molecule has 0 spiro atoms. The van der Waals surface area contributed by atoms with Crippen molar-refractivity contribution in [2.45, 2.75) is 32.9 Å². The van der Waals surface area contributed by atoms with Gasteiger partial charge in [-0.3, -0.25) is 4.99 Å². The van der Waals surface area contributed by atoms with Crippen LogP contribution in [0.4, 0.5) is 0 Å². The molecule has 1 heterocycles. The molecule has 0 saturated heterocycles. The van der Waals surface area contributed by atoms with E-state index in [-0.39, 0.29) is 24.0 Å². The molecule has 4 nitrogen and oxygen atoms in total. The molecule has 2 rings (SSSR count). The van der Waals surface area contributed by atoms with Gasteiger partial charge in [0.1, 0.15) is 5.01 Å². The Labute approximate surface area is 163 Å². The molecule has 23 heavy (non-hydrogen) atoms. The molecular formula is C16H22ClIN4S. The van der Waals surface area contributed by atoms with Gasteiger partial charge in [0, 0.05) is 24.0 Å². The highest BCUT2D eigenvalue weighted by Crippen LogP contribution is 2.17. The van der Waals surface area contributed by atoms with E-state index in [0.29, 0.717) is 19.0 Å². The zero-order valence-corrected chi connectivity index (χ0v) is 17.4. The first-order valence-corrected chi connectivity index (χ1v) is 8.47. The highest BCUT2D eigenvalue weighted by Gasteiger charge is 2.06. The van der Waals surface area contributed by atoms with Gasteiger partial charge < -0.3 is 10.6 Å². The normalized spacial score (nSPS) is 11.3. The Morgan fingerprint density at radius 3 is 2.43 bits per heavy atom. The van der Waals surface area contributed by atoms with Gasteiger partial charge in [0.05, 0.1) is 12.2 Å². The van der Waals surface area contributed by atoms with Crippen molar-refractivity contribution in [2.24, 2.45) is 4.99 Å². The number of nitrogens with zero attached hydrogens (tertiary/aromatic N) is 2. The third-order valence-corrected chi connectivity index (χ3v) is 4.28. The third-order valence-electron chi connectivity index (χ3n) is 3.16. The average molecular weight is 465 g/mol. The molecule has 0 aliphatic carbocycles. The minimum atomic E-state index is 0. The van der Waals surface area contributed by atoms with E-state index in [1.165, 1.54) is 0 Å². The monoisotopic (exact) mass is 464 g/mol. The van der Waals surface area contributed by atoms with Gasteiger partial charge in [-0.15, -0.1) is 35.3 Å². The molecule has 1 aromatic heterocycles. The number of rotatable bonds is 5. The molecule has 0 fully saturated rings. The first-order valence-electron chi connectivity index (χ1n) is 7.21. The molecular weight excluding hydrogens is 443 g/mol. The molecule has 0 aliphatic rings. The van der Waals surface area contributed by atoms with Crippen molar-refractivity contribution < 1.29 is 0 Å². The van der Waals surface area contributed by atoms with Gasteiger partial charge in [-0.2, -0.15) is 0 Å². The van der Waals surface area contributed by atoms with Crippen LogP contribution in [0.3, 0.4) is 0 Å². The molecule has 2 aromatic rings. The van der Waals surface area contributed by atoms with Gasteiger partial charge in [0.15, 0.2) is 5.96 Å². The average Bonchev–Trinajstić information content (AvgIpc) is 2.98. The minimum Gasteiger partial charge on any atom is -0.352 e. The van der Waals surface area contributed by atoms with Crippen molar-refractivity contribution in [2.75, 3.05) is 7.05 Å². The first kappa shape index (κ1) is 20.2. The molecule has 0 atom stereocenters. The van der Waals surface area contributed by atoms with Gasteiger partial charge in [-0.25, -0.2) is 4.98 Å². The van der Waals surface area contributed by atoms with Crippen molar-refractivity contribution in [1.82, 2.24) is 15.6 Å². The number of hydrogen-bond acceptors (Lipinski definition) is 3. The Kier molecular flexibility index (Phi) is 8.86. The third kappa shape index (κ3) is 6.64. The largest absolute Gasteiger partial charge is 0.352 e. The summed E-state index contributed by atoms with van der Waals surface area (Å²) < 4.78 is 0. The van der Waals surface area contributed by atoms with Crippen LogP contribution in [0.25, 0.3) is 0 Å². The number of nitrogens with one attached hydrogen (secondary N) is 2. The topological polar surface area (TPSA) is 49.3 Å². The van der Waals surface area contributed by atoms with Gasteiger partial charge >= 0.3 is 0 Å². The smallest absolute Gasteiger partial charge is 0.191 e. The fourth-order valence-electron chi connectivity index (χ4n) is 1.84. The maximum Gasteiger partial charge on any atom is 0.191 e. The van der Waals surface area contributed by atoms with Crippen molar-refractivity contribution in [1.29, 1.82) is 0 Å². The van der Waals surface area contributed by atoms with Crippen LogP contribution in [0.1, 0.15) is 36.0 Å². The second kappa shape index (κ2) is 10.1. The van der Waals surface area contributed by atoms with Gasteiger partial charge in [-0.1, -0.05) is 37.6 Å². The molecule has 126 valence electrons. The van der Waals surface area contributed by atoms with Crippen molar-refractivity contribution >= 4 is 52.9 Å². The Morgan fingerprint density at radius 1 is 1.22 bits per heavy atom. The van der Waals surface area contributed by atoms with Crippen molar-refractivity contribution in [3.05, 3.63) is 50.9 Å². The van der Waals surface area contributed by atoms with E-state index in [1.54, 1.807) is 18.4 Å². The van der Waals surface area contributed by atoms with Crippen LogP contribution in [0.15, 0.2) is 34.6 Å². The minimum absolute atomic E-state index is 0. The zero-order chi connectivity index (χ0) is 15.9. The zero-order valence-electron chi connectivity index (χ0n) is 13.5. The summed E-state index contributed by atoms with van der Waals surface area (Å²) in [6.45, 7) is 5.68. The standard InChI is InChI=1S/C16H21ClN4S.HI/c1-11(2)14-10-22-15(21-14)9-20-16(18-3)19-8-12-4-6-13(17)7-5-12;/h4-7,10-11H,8-9H2,1-3H3,(H2,18,19,20);1H. The molecule has 0 saturated carbocycles. The van der Waals surface area contributed by atoms with E-state index in [1.807, 2.05) is 24.3 Å². The highest BCUT2D eigenvalue weighted by molar-refractivity contribution is 14.0. The molecule has 2 N–H and O–H groups in total. The summed E-state index contributed by atoms with van der Waals surface area (Å²) in [4.78, 5) is 8.83. The number of aliphatic imine (C=N–C) groups is 1. The Bertz CT molecular complexity index is 625. The molecule has 0 unspecified atom stereocenters. The molecule has 0 radical (unpaired) electrons. The molecule has 0 amide bonds. The van der Waals surface area contributed by atoms with E-state index in [4.69, 9.17) is 11.6 Å². The van der Waals surface area contributed by atoms with Gasteiger partial charge in [0.25, 0.3) is 0 Å². The van der Waals surface area contributed by atoms with Crippen LogP contribution in [0, 0.1) is 0 Å². The van der Waals surface area contributed by atoms with Gasteiger partial charge in [-0.05, 0) is 23.6 Å². The quantitative estimate of drug-likeness (QED) is 0.392. The summed E-state index contributed by atoms with van der Waals surface area (Å²) >= 11 is 7.56. The lowest BCUT2D eigenvalue weighted by atomic mass is 10.2. The Morgan fingerprint density at radius 2 is 1.87 bits per heavy atom. The predicted molar refractivity (Wildman–Crippen MR) is 110 cm³/mol. The van der Waals surface area contributed by atoms with Crippen LogP contribution in [-0.4, -0.2) is 18.0 Å². The van der Waals surface area contributed by atoms with Crippen LogP contribution < -0.4 is 10.6 Å². The molecule has 0 aliphatic heterocycles. The number of guanidine groups is 1. The molecule has 7 heteroatoms. The molecule has 1 aromatic carbocycles. The van der Waals surface area contributed by atoms with Crippen LogP contribution in [0.2, 0.25) is 5.02 Å². The van der Waals surface area contributed by atoms with E-state index in [0.717, 1.165) is 27.2 Å². The summed E-state index contributed by atoms with van der Waals surface area (Å²) in [5.41, 5.74) is 2.30. The second-order valence-electron chi connectivity index (χ2n) is 5.23. The lowest BCUT2D eigenvalue weighted by Crippen LogP contribution is -2.36. The number of aromatic nitrogens is 1. The summed E-state index contributed by atoms with van der Waals surface area (Å²) in [5.74, 6) is 1.23. The maximum atomic E-state index is 5.88. The second-order valence-corrected chi connectivity index (χ2v) is 6.61. The lowest BCUT2D eigenvalue weighted by Gasteiger charge is -2.11. The SMILES string of the molecule is CN=C(NCc1ccc(Cl)cc1)NCc1nc(C(C)C)cs1.I. The number of benzene rings is 1. The van der Waals surface area contributed by atoms with Crippen LogP contribution in [0.5, 0.6) is 0 Å². The Balaban J connectivity index is 0.00000264. The van der Waals surface area contributed by atoms with E-state index in [9.17, 15) is 0 Å². The number of halogens is 2. The summed E-state index contributed by atoms with van der Waals surface area (Å²) in [5, 5.41) is 10.5. The fraction of sp³-hybridized carbons (Fsp3) is 0.375. The van der Waals surface area contributed by atoms with E-state index < -0.39 is 0 Å². The van der Waals surface area contributed by atoms with Crippen molar-refractivity contribution in [3.63, 3.8) is 0 Å².